The van der Waals surface area contributed by atoms with E-state index in [9.17, 15) is 0 Å². The molecule has 0 spiro atoms. The first-order valence-electron chi connectivity index (χ1n) is 13.1. The molecule has 0 amide bonds. The first-order valence-corrected chi connectivity index (χ1v) is 13.1. The van der Waals surface area contributed by atoms with E-state index in [0.717, 1.165) is 46.1 Å². The Labute approximate surface area is 226 Å². The Bertz CT molecular complexity index is 1790. The van der Waals surface area contributed by atoms with Gasteiger partial charge >= 0.3 is 0 Å². The highest BCUT2D eigenvalue weighted by Crippen LogP contribution is 2.42. The van der Waals surface area contributed by atoms with Crippen LogP contribution < -0.4 is 5.73 Å². The summed E-state index contributed by atoms with van der Waals surface area (Å²) in [5, 5.41) is 9.83. The van der Waals surface area contributed by atoms with Crippen LogP contribution in [0.3, 0.4) is 0 Å². The van der Waals surface area contributed by atoms with Crippen LogP contribution in [0.4, 0.5) is 0 Å². The molecular formula is C31H28N8. The molecular weight excluding hydrogens is 484 g/mol. The molecule has 39 heavy (non-hydrogen) atoms. The number of hydrogen-bond acceptors (Lipinski definition) is 7. The molecule has 0 radical (unpaired) electrons. The Morgan fingerprint density at radius 1 is 0.872 bits per heavy atom. The topological polar surface area (TPSA) is 98.1 Å². The van der Waals surface area contributed by atoms with Gasteiger partial charge in [-0.05, 0) is 56.3 Å². The number of hydrogen-bond donors (Lipinski definition) is 1. The lowest BCUT2D eigenvalue weighted by atomic mass is 9.68. The molecule has 1 fully saturated rings. The molecule has 1 aliphatic carbocycles. The molecule has 1 aliphatic rings. The van der Waals surface area contributed by atoms with Crippen molar-refractivity contribution in [2.45, 2.75) is 24.4 Å². The van der Waals surface area contributed by atoms with E-state index in [-0.39, 0.29) is 5.54 Å². The number of nitrogens with two attached hydrogens (primary N) is 1. The van der Waals surface area contributed by atoms with Gasteiger partial charge in [-0.15, -0.1) is 10.2 Å². The largest absolute Gasteiger partial charge is 0.321 e. The minimum absolute atomic E-state index is 0.272. The Hall–Kier alpha value is -4.53. The van der Waals surface area contributed by atoms with Gasteiger partial charge in [0.1, 0.15) is 0 Å². The van der Waals surface area contributed by atoms with Crippen molar-refractivity contribution in [2.24, 2.45) is 5.73 Å². The molecule has 2 aromatic carbocycles. The highest BCUT2D eigenvalue weighted by molar-refractivity contribution is 5.98. The summed E-state index contributed by atoms with van der Waals surface area (Å²) in [6, 6.07) is 25.4. The molecule has 0 bridgehead atoms. The van der Waals surface area contributed by atoms with Crippen LogP contribution in [0.1, 0.15) is 18.4 Å². The average Bonchev–Trinajstić information content (AvgIpc) is 3.40. The fraction of sp³-hybridized carbons (Fsp3) is 0.194. The van der Waals surface area contributed by atoms with Crippen LogP contribution >= 0.6 is 0 Å². The van der Waals surface area contributed by atoms with Crippen molar-refractivity contribution in [3.05, 3.63) is 97.0 Å². The molecule has 0 aliphatic heterocycles. The molecule has 7 rings (SSSR count). The Kier molecular flexibility index (Phi) is 5.47. The third-order valence-corrected chi connectivity index (χ3v) is 7.88. The minimum atomic E-state index is -0.272. The standard InChI is InChI=1S/C31H28N8/c1-38(2)23-18-31(32,19-23)22-11-9-21(10-12-22)27-24(20-7-4-3-5-8-20)17-25-26(35-27)13-16-39-29(25)36-37-30(39)28-33-14-6-15-34-28/h3-17,23H,18-19,32H2,1-2H3. The van der Waals surface area contributed by atoms with E-state index < -0.39 is 0 Å². The summed E-state index contributed by atoms with van der Waals surface area (Å²) in [6.07, 6.45) is 7.27. The SMILES string of the molecule is CN(C)C1CC(N)(c2ccc(-c3nc4ccn5c(-c6ncccn6)nnc5c4cc3-c3ccccc3)cc2)C1. The second-order valence-corrected chi connectivity index (χ2v) is 10.5. The van der Waals surface area contributed by atoms with Crippen molar-refractivity contribution in [1.82, 2.24) is 34.4 Å². The quantitative estimate of drug-likeness (QED) is 0.349. The molecule has 0 saturated heterocycles. The van der Waals surface area contributed by atoms with Gasteiger partial charge < -0.3 is 10.6 Å². The van der Waals surface area contributed by atoms with E-state index in [1.54, 1.807) is 18.5 Å². The van der Waals surface area contributed by atoms with Crippen LogP contribution in [0.5, 0.6) is 0 Å². The second kappa shape index (κ2) is 9.04. The van der Waals surface area contributed by atoms with Crippen molar-refractivity contribution in [2.75, 3.05) is 14.1 Å². The summed E-state index contributed by atoms with van der Waals surface area (Å²) < 4.78 is 1.92. The van der Waals surface area contributed by atoms with Crippen molar-refractivity contribution in [3.8, 4) is 34.0 Å². The Morgan fingerprint density at radius 3 is 2.33 bits per heavy atom. The number of pyridine rings is 2. The molecule has 4 heterocycles. The fourth-order valence-corrected chi connectivity index (χ4v) is 5.56. The van der Waals surface area contributed by atoms with E-state index in [1.165, 1.54) is 5.56 Å². The first kappa shape index (κ1) is 23.6. The zero-order valence-electron chi connectivity index (χ0n) is 21.9. The Morgan fingerprint density at radius 2 is 1.62 bits per heavy atom. The van der Waals surface area contributed by atoms with E-state index >= 15 is 0 Å². The van der Waals surface area contributed by atoms with Gasteiger partial charge in [0.2, 0.25) is 5.82 Å². The zero-order chi connectivity index (χ0) is 26.6. The number of nitrogens with zero attached hydrogens (tertiary/aromatic N) is 7. The summed E-state index contributed by atoms with van der Waals surface area (Å²) >= 11 is 0. The molecule has 2 N–H and O–H groups in total. The molecule has 1 saturated carbocycles. The van der Waals surface area contributed by atoms with Crippen LogP contribution in [0.25, 0.3) is 50.6 Å². The summed E-state index contributed by atoms with van der Waals surface area (Å²) in [5.41, 5.74) is 13.3. The molecule has 4 aromatic heterocycles. The zero-order valence-corrected chi connectivity index (χ0v) is 21.9. The molecule has 8 nitrogen and oxygen atoms in total. The van der Waals surface area contributed by atoms with Crippen molar-refractivity contribution >= 4 is 16.6 Å². The Balaban J connectivity index is 1.35. The van der Waals surface area contributed by atoms with Gasteiger partial charge in [-0.1, -0.05) is 54.6 Å². The fourth-order valence-electron chi connectivity index (χ4n) is 5.56. The van der Waals surface area contributed by atoms with Crippen LogP contribution in [0.2, 0.25) is 0 Å². The first-order chi connectivity index (χ1) is 19.0. The van der Waals surface area contributed by atoms with E-state index in [1.807, 2.05) is 34.9 Å². The van der Waals surface area contributed by atoms with Crippen molar-refractivity contribution in [3.63, 3.8) is 0 Å². The van der Waals surface area contributed by atoms with Gasteiger partial charge in [0.05, 0.1) is 11.2 Å². The molecule has 192 valence electrons. The second-order valence-electron chi connectivity index (χ2n) is 10.5. The van der Waals surface area contributed by atoms with Crippen LogP contribution in [-0.2, 0) is 5.54 Å². The van der Waals surface area contributed by atoms with Gasteiger partial charge in [-0.2, -0.15) is 0 Å². The van der Waals surface area contributed by atoms with E-state index in [0.29, 0.717) is 23.3 Å². The number of aromatic nitrogens is 6. The molecule has 0 atom stereocenters. The minimum Gasteiger partial charge on any atom is -0.321 e. The van der Waals surface area contributed by atoms with Crippen LogP contribution in [0, 0.1) is 0 Å². The molecule has 0 unspecified atom stereocenters. The number of rotatable bonds is 5. The summed E-state index contributed by atoms with van der Waals surface area (Å²) in [5.74, 6) is 1.12. The molecule has 8 heteroatoms. The van der Waals surface area contributed by atoms with E-state index in [4.69, 9.17) is 10.7 Å². The normalized spacial score (nSPS) is 19.0. The van der Waals surface area contributed by atoms with Crippen LogP contribution in [0.15, 0.2) is 91.4 Å². The van der Waals surface area contributed by atoms with Gasteiger partial charge in [-0.3, -0.25) is 4.40 Å². The van der Waals surface area contributed by atoms with Gasteiger partial charge in [0.25, 0.3) is 0 Å². The summed E-state index contributed by atoms with van der Waals surface area (Å²) in [7, 11) is 4.24. The maximum Gasteiger partial charge on any atom is 0.206 e. The maximum atomic E-state index is 6.77. The third kappa shape index (κ3) is 3.96. The maximum absolute atomic E-state index is 6.77. The number of benzene rings is 2. The highest BCUT2D eigenvalue weighted by Gasteiger charge is 2.43. The van der Waals surface area contributed by atoms with E-state index in [2.05, 4.69) is 81.6 Å². The smallest absolute Gasteiger partial charge is 0.206 e. The lowest BCUT2D eigenvalue weighted by Crippen LogP contribution is -2.56. The predicted octanol–water partition coefficient (Wildman–Crippen LogP) is 4.95. The summed E-state index contributed by atoms with van der Waals surface area (Å²) in [6.45, 7) is 0. The average molecular weight is 513 g/mol. The third-order valence-electron chi connectivity index (χ3n) is 7.88. The van der Waals surface area contributed by atoms with Gasteiger partial charge in [-0.25, -0.2) is 15.0 Å². The highest BCUT2D eigenvalue weighted by atomic mass is 15.3. The van der Waals surface area contributed by atoms with Gasteiger partial charge in [0.15, 0.2) is 11.5 Å². The van der Waals surface area contributed by atoms with Crippen molar-refractivity contribution in [1.29, 1.82) is 0 Å². The lowest BCUT2D eigenvalue weighted by molar-refractivity contribution is 0.0939. The monoisotopic (exact) mass is 512 g/mol. The summed E-state index contributed by atoms with van der Waals surface area (Å²) in [4.78, 5) is 16.1. The molecule has 6 aromatic rings. The van der Waals surface area contributed by atoms with Gasteiger partial charge in [0, 0.05) is 46.7 Å². The lowest BCUT2D eigenvalue weighted by Gasteiger charge is -2.48. The van der Waals surface area contributed by atoms with Crippen molar-refractivity contribution < 1.29 is 0 Å². The number of fused-ring (bicyclic) bond motifs is 3. The predicted molar refractivity (Wildman–Crippen MR) is 153 cm³/mol. The van der Waals surface area contributed by atoms with Crippen LogP contribution in [-0.4, -0.2) is 54.6 Å².